The van der Waals surface area contributed by atoms with Gasteiger partial charge < -0.3 is 5.11 Å². The quantitative estimate of drug-likeness (QED) is 0.893. The van der Waals surface area contributed by atoms with E-state index in [4.69, 9.17) is 23.2 Å². The molecule has 1 N–H and O–H groups in total. The minimum absolute atomic E-state index is 0.256. The summed E-state index contributed by atoms with van der Waals surface area (Å²) in [6.45, 7) is 0. The number of aliphatic hydroxyl groups excluding tert-OH is 1. The van der Waals surface area contributed by atoms with Crippen LogP contribution in [0, 0.1) is 5.82 Å². The number of hydrogen-bond donors (Lipinski definition) is 1. The van der Waals surface area contributed by atoms with Crippen molar-refractivity contribution in [2.45, 2.75) is 18.9 Å². The van der Waals surface area contributed by atoms with Gasteiger partial charge in [0.15, 0.2) is 0 Å². The third kappa shape index (κ3) is 3.93. The number of benzene rings is 2. The van der Waals surface area contributed by atoms with E-state index in [-0.39, 0.29) is 12.2 Å². The minimum Gasteiger partial charge on any atom is -0.392 e. The van der Waals surface area contributed by atoms with E-state index in [1.807, 2.05) is 0 Å². The molecule has 1 unspecified atom stereocenters. The first-order valence-corrected chi connectivity index (χ1v) is 6.67. The van der Waals surface area contributed by atoms with Crippen molar-refractivity contribution in [1.29, 1.82) is 0 Å². The van der Waals surface area contributed by atoms with Crippen molar-refractivity contribution in [3.8, 4) is 0 Å². The fourth-order valence-electron chi connectivity index (χ4n) is 1.93. The van der Waals surface area contributed by atoms with Crippen LogP contribution in [0.15, 0.2) is 42.5 Å². The number of halogens is 3. The predicted molar refractivity (Wildman–Crippen MR) is 76.3 cm³/mol. The molecule has 0 amide bonds. The van der Waals surface area contributed by atoms with Gasteiger partial charge in [0.05, 0.1) is 6.10 Å². The average molecular weight is 299 g/mol. The first-order chi connectivity index (χ1) is 9.06. The van der Waals surface area contributed by atoms with Gasteiger partial charge in [-0.3, -0.25) is 0 Å². The zero-order valence-corrected chi connectivity index (χ0v) is 11.6. The van der Waals surface area contributed by atoms with E-state index in [1.54, 1.807) is 36.4 Å². The second kappa shape index (κ2) is 6.38. The van der Waals surface area contributed by atoms with Gasteiger partial charge in [-0.2, -0.15) is 0 Å². The first kappa shape index (κ1) is 14.3. The predicted octanol–water partition coefficient (Wildman–Crippen LogP) is 4.28. The molecule has 0 aliphatic heterocycles. The van der Waals surface area contributed by atoms with Crippen LogP contribution in [0.1, 0.15) is 11.1 Å². The Morgan fingerprint density at radius 3 is 2.37 bits per heavy atom. The molecule has 2 rings (SSSR count). The fourth-order valence-corrected chi connectivity index (χ4v) is 2.42. The summed E-state index contributed by atoms with van der Waals surface area (Å²) < 4.78 is 13.5. The Balaban J connectivity index is 2.05. The second-order valence-electron chi connectivity index (χ2n) is 4.39. The lowest BCUT2D eigenvalue weighted by Crippen LogP contribution is -2.15. The highest BCUT2D eigenvalue weighted by Gasteiger charge is 2.12. The van der Waals surface area contributed by atoms with Crippen molar-refractivity contribution in [3.63, 3.8) is 0 Å². The molecule has 0 aliphatic rings. The van der Waals surface area contributed by atoms with Crippen molar-refractivity contribution in [1.82, 2.24) is 0 Å². The Kier molecular flexibility index (Phi) is 4.81. The zero-order valence-electron chi connectivity index (χ0n) is 10.1. The van der Waals surface area contributed by atoms with E-state index in [9.17, 15) is 9.50 Å². The lowest BCUT2D eigenvalue weighted by Gasteiger charge is -2.12. The molecule has 2 aromatic carbocycles. The van der Waals surface area contributed by atoms with Crippen LogP contribution in [-0.4, -0.2) is 11.2 Å². The summed E-state index contributed by atoms with van der Waals surface area (Å²) in [5.74, 6) is -0.302. The maximum Gasteiger partial charge on any atom is 0.126 e. The largest absolute Gasteiger partial charge is 0.392 e. The minimum atomic E-state index is -0.685. The smallest absolute Gasteiger partial charge is 0.126 e. The summed E-state index contributed by atoms with van der Waals surface area (Å²) in [6.07, 6.45) is -0.0637. The maximum atomic E-state index is 13.5. The molecule has 1 atom stereocenters. The SMILES string of the molecule is OC(Cc1ccccc1F)Cc1ccc(Cl)cc1Cl. The van der Waals surface area contributed by atoms with Gasteiger partial charge in [-0.1, -0.05) is 47.5 Å². The molecule has 0 fully saturated rings. The lowest BCUT2D eigenvalue weighted by atomic mass is 10.0. The summed E-state index contributed by atoms with van der Waals surface area (Å²) in [6, 6.07) is 11.6. The van der Waals surface area contributed by atoms with E-state index >= 15 is 0 Å². The molecule has 1 nitrogen and oxygen atoms in total. The van der Waals surface area contributed by atoms with E-state index in [1.165, 1.54) is 6.07 Å². The Hall–Kier alpha value is -1.09. The Labute approximate surface area is 121 Å². The fraction of sp³-hybridized carbons (Fsp3) is 0.200. The number of rotatable bonds is 4. The van der Waals surface area contributed by atoms with Crippen LogP contribution in [0.4, 0.5) is 4.39 Å². The molecule has 19 heavy (non-hydrogen) atoms. The van der Waals surface area contributed by atoms with Crippen LogP contribution in [0.25, 0.3) is 0 Å². The second-order valence-corrected chi connectivity index (χ2v) is 5.23. The monoisotopic (exact) mass is 298 g/mol. The Morgan fingerprint density at radius 2 is 1.68 bits per heavy atom. The van der Waals surface area contributed by atoms with Crippen LogP contribution >= 0.6 is 23.2 Å². The third-order valence-electron chi connectivity index (χ3n) is 2.88. The van der Waals surface area contributed by atoms with Crippen molar-refractivity contribution in [2.75, 3.05) is 0 Å². The number of aliphatic hydroxyl groups is 1. The van der Waals surface area contributed by atoms with E-state index in [0.717, 1.165) is 5.56 Å². The van der Waals surface area contributed by atoms with Crippen LogP contribution < -0.4 is 0 Å². The van der Waals surface area contributed by atoms with E-state index in [2.05, 4.69) is 0 Å². The van der Waals surface area contributed by atoms with Gasteiger partial charge in [-0.05, 0) is 29.3 Å². The van der Waals surface area contributed by atoms with Gasteiger partial charge in [0.25, 0.3) is 0 Å². The molecule has 0 heterocycles. The molecule has 0 saturated carbocycles. The topological polar surface area (TPSA) is 20.2 Å². The van der Waals surface area contributed by atoms with Gasteiger partial charge >= 0.3 is 0 Å². The molecule has 0 bridgehead atoms. The summed E-state index contributed by atoms with van der Waals surface area (Å²) in [5, 5.41) is 11.1. The summed E-state index contributed by atoms with van der Waals surface area (Å²) >= 11 is 11.8. The molecule has 100 valence electrons. The highest BCUT2D eigenvalue weighted by molar-refractivity contribution is 6.35. The first-order valence-electron chi connectivity index (χ1n) is 5.91. The number of hydrogen-bond acceptors (Lipinski definition) is 1. The van der Waals surface area contributed by atoms with Crippen LogP contribution in [0.2, 0.25) is 10.0 Å². The van der Waals surface area contributed by atoms with Crippen molar-refractivity contribution in [2.24, 2.45) is 0 Å². The zero-order chi connectivity index (χ0) is 13.8. The van der Waals surface area contributed by atoms with Crippen molar-refractivity contribution >= 4 is 23.2 Å². The van der Waals surface area contributed by atoms with E-state index < -0.39 is 6.10 Å². The highest BCUT2D eigenvalue weighted by Crippen LogP contribution is 2.23. The van der Waals surface area contributed by atoms with Crippen LogP contribution in [0.5, 0.6) is 0 Å². The van der Waals surface area contributed by atoms with Gasteiger partial charge in [-0.25, -0.2) is 4.39 Å². The van der Waals surface area contributed by atoms with Gasteiger partial charge in [0, 0.05) is 22.9 Å². The maximum absolute atomic E-state index is 13.5. The lowest BCUT2D eigenvalue weighted by molar-refractivity contribution is 0.174. The molecule has 0 radical (unpaired) electrons. The molecule has 0 saturated heterocycles. The third-order valence-corrected chi connectivity index (χ3v) is 3.47. The normalized spacial score (nSPS) is 12.4. The standard InChI is InChI=1S/C15H13Cl2FO/c16-12-6-5-10(14(17)9-12)7-13(19)8-11-3-1-2-4-15(11)18/h1-6,9,13,19H,7-8H2. The molecular weight excluding hydrogens is 286 g/mol. The molecule has 0 aliphatic carbocycles. The average Bonchev–Trinajstić information content (AvgIpc) is 2.36. The van der Waals surface area contributed by atoms with E-state index in [0.29, 0.717) is 22.0 Å². The molecule has 0 aromatic heterocycles. The van der Waals surface area contributed by atoms with Crippen molar-refractivity contribution in [3.05, 3.63) is 69.5 Å². The summed E-state index contributed by atoms with van der Waals surface area (Å²) in [7, 11) is 0. The van der Waals surface area contributed by atoms with Crippen molar-refractivity contribution < 1.29 is 9.50 Å². The van der Waals surface area contributed by atoms with Gasteiger partial charge in [0.1, 0.15) is 5.82 Å². The molecular formula is C15H13Cl2FO. The molecule has 0 spiro atoms. The Morgan fingerprint density at radius 1 is 1.00 bits per heavy atom. The molecule has 4 heteroatoms. The van der Waals surface area contributed by atoms with Crippen LogP contribution in [0.3, 0.4) is 0 Å². The van der Waals surface area contributed by atoms with Gasteiger partial charge in [0.2, 0.25) is 0 Å². The summed E-state index contributed by atoms with van der Waals surface area (Å²) in [5.41, 5.74) is 1.30. The molecule has 2 aromatic rings. The summed E-state index contributed by atoms with van der Waals surface area (Å²) in [4.78, 5) is 0. The van der Waals surface area contributed by atoms with Gasteiger partial charge in [-0.15, -0.1) is 0 Å². The highest BCUT2D eigenvalue weighted by atomic mass is 35.5. The van der Waals surface area contributed by atoms with Crippen LogP contribution in [-0.2, 0) is 12.8 Å². The Bertz CT molecular complexity index is 572.